The number of ether oxygens (including phenoxy) is 1. The number of rotatable bonds is 4. The maximum Gasteiger partial charge on any atom is 0.189 e. The van der Waals surface area contributed by atoms with E-state index in [-0.39, 0.29) is 5.84 Å². The third kappa shape index (κ3) is 3.67. The molecule has 0 amide bonds. The van der Waals surface area contributed by atoms with Crippen LogP contribution in [0.25, 0.3) is 0 Å². The van der Waals surface area contributed by atoms with Crippen LogP contribution in [0.15, 0.2) is 23.5 Å². The second kappa shape index (κ2) is 6.52. The molecule has 0 spiro atoms. The molecular formula is C14H21N3O2. The third-order valence-electron chi connectivity index (χ3n) is 3.68. The number of amidine groups is 1. The molecule has 0 aromatic carbocycles. The fourth-order valence-electron chi connectivity index (χ4n) is 2.44. The Kier molecular flexibility index (Phi) is 4.74. The highest BCUT2D eigenvalue weighted by atomic mass is 16.5. The van der Waals surface area contributed by atoms with Crippen LogP contribution in [-0.4, -0.2) is 22.1 Å². The predicted octanol–water partition coefficient (Wildman–Crippen LogP) is 2.27. The summed E-state index contributed by atoms with van der Waals surface area (Å²) < 4.78 is 5.92. The lowest BCUT2D eigenvalue weighted by atomic mass is 9.89. The SMILES string of the molecule is CC1CCC(OCc2cccnc2/C(N)=N/O)CC1. The lowest BCUT2D eigenvalue weighted by Gasteiger charge is -2.26. The van der Waals surface area contributed by atoms with Gasteiger partial charge < -0.3 is 15.7 Å². The second-order valence-corrected chi connectivity index (χ2v) is 5.19. The van der Waals surface area contributed by atoms with Crippen molar-refractivity contribution in [1.82, 2.24) is 4.98 Å². The van der Waals surface area contributed by atoms with Crippen LogP contribution < -0.4 is 5.73 Å². The van der Waals surface area contributed by atoms with E-state index in [0.29, 0.717) is 18.4 Å². The fraction of sp³-hybridized carbons (Fsp3) is 0.571. The van der Waals surface area contributed by atoms with Gasteiger partial charge in [-0.1, -0.05) is 18.1 Å². The summed E-state index contributed by atoms with van der Waals surface area (Å²) in [6.07, 6.45) is 6.62. The summed E-state index contributed by atoms with van der Waals surface area (Å²) in [6, 6.07) is 3.72. The summed E-state index contributed by atoms with van der Waals surface area (Å²) in [4.78, 5) is 4.13. The predicted molar refractivity (Wildman–Crippen MR) is 73.0 cm³/mol. The van der Waals surface area contributed by atoms with Crippen molar-refractivity contribution in [3.8, 4) is 0 Å². The van der Waals surface area contributed by atoms with Gasteiger partial charge in [-0.2, -0.15) is 0 Å². The number of nitrogens with zero attached hydrogens (tertiary/aromatic N) is 2. The minimum atomic E-state index is 0.0245. The molecule has 1 heterocycles. The molecular weight excluding hydrogens is 242 g/mol. The molecule has 1 aliphatic carbocycles. The van der Waals surface area contributed by atoms with Gasteiger partial charge in [-0.3, -0.25) is 4.98 Å². The Morgan fingerprint density at radius 1 is 1.47 bits per heavy atom. The first-order valence-electron chi connectivity index (χ1n) is 6.74. The molecule has 1 saturated carbocycles. The molecule has 1 aliphatic rings. The van der Waals surface area contributed by atoms with Gasteiger partial charge in [0.05, 0.1) is 12.7 Å². The van der Waals surface area contributed by atoms with E-state index < -0.39 is 0 Å². The van der Waals surface area contributed by atoms with Crippen LogP contribution in [0.3, 0.4) is 0 Å². The highest BCUT2D eigenvalue weighted by Gasteiger charge is 2.19. The van der Waals surface area contributed by atoms with Crippen LogP contribution in [0.1, 0.15) is 43.9 Å². The Balaban J connectivity index is 1.96. The molecule has 1 aromatic heterocycles. The quantitative estimate of drug-likeness (QED) is 0.378. The van der Waals surface area contributed by atoms with Crippen LogP contribution in [0.4, 0.5) is 0 Å². The number of nitrogens with two attached hydrogens (primary N) is 1. The number of hydrogen-bond acceptors (Lipinski definition) is 4. The van der Waals surface area contributed by atoms with Crippen molar-refractivity contribution in [1.29, 1.82) is 0 Å². The van der Waals surface area contributed by atoms with Crippen molar-refractivity contribution >= 4 is 5.84 Å². The minimum Gasteiger partial charge on any atom is -0.409 e. The first-order chi connectivity index (χ1) is 9.20. The molecule has 2 rings (SSSR count). The molecule has 5 nitrogen and oxygen atoms in total. The summed E-state index contributed by atoms with van der Waals surface area (Å²) in [5, 5.41) is 11.7. The maximum absolute atomic E-state index is 8.74. The molecule has 19 heavy (non-hydrogen) atoms. The van der Waals surface area contributed by atoms with Gasteiger partial charge in [0, 0.05) is 11.8 Å². The molecule has 0 bridgehead atoms. The Bertz CT molecular complexity index is 440. The first kappa shape index (κ1) is 13.8. The lowest BCUT2D eigenvalue weighted by Crippen LogP contribution is -2.22. The van der Waals surface area contributed by atoms with Crippen LogP contribution >= 0.6 is 0 Å². The monoisotopic (exact) mass is 263 g/mol. The van der Waals surface area contributed by atoms with Crippen molar-refractivity contribution in [2.24, 2.45) is 16.8 Å². The topological polar surface area (TPSA) is 80.7 Å². The second-order valence-electron chi connectivity index (χ2n) is 5.19. The average Bonchev–Trinajstić information content (AvgIpc) is 2.46. The molecule has 5 heteroatoms. The summed E-state index contributed by atoms with van der Waals surface area (Å²) in [6.45, 7) is 2.74. The van der Waals surface area contributed by atoms with Gasteiger partial charge in [0.25, 0.3) is 0 Å². The van der Waals surface area contributed by atoms with E-state index in [1.165, 1.54) is 12.8 Å². The van der Waals surface area contributed by atoms with E-state index in [1.807, 2.05) is 12.1 Å². The van der Waals surface area contributed by atoms with Gasteiger partial charge >= 0.3 is 0 Å². The highest BCUT2D eigenvalue weighted by molar-refractivity contribution is 5.96. The normalized spacial score (nSPS) is 24.4. The van der Waals surface area contributed by atoms with Gasteiger partial charge in [-0.05, 0) is 37.7 Å². The Morgan fingerprint density at radius 3 is 2.89 bits per heavy atom. The molecule has 0 unspecified atom stereocenters. The zero-order valence-electron chi connectivity index (χ0n) is 11.2. The van der Waals surface area contributed by atoms with E-state index >= 15 is 0 Å². The molecule has 104 valence electrons. The van der Waals surface area contributed by atoms with Crippen molar-refractivity contribution in [2.75, 3.05) is 0 Å². The molecule has 1 aromatic rings. The molecule has 3 N–H and O–H groups in total. The van der Waals surface area contributed by atoms with Crippen molar-refractivity contribution < 1.29 is 9.94 Å². The minimum absolute atomic E-state index is 0.0245. The third-order valence-corrected chi connectivity index (χ3v) is 3.68. The van der Waals surface area contributed by atoms with Crippen LogP contribution in [0.2, 0.25) is 0 Å². The Morgan fingerprint density at radius 2 is 2.21 bits per heavy atom. The number of oxime groups is 1. The molecule has 0 saturated heterocycles. The molecule has 0 atom stereocenters. The van der Waals surface area contributed by atoms with Gasteiger partial charge in [0.2, 0.25) is 0 Å². The van der Waals surface area contributed by atoms with Crippen LogP contribution in [0, 0.1) is 5.92 Å². The van der Waals surface area contributed by atoms with Gasteiger partial charge in [0.15, 0.2) is 5.84 Å². The summed E-state index contributed by atoms with van der Waals surface area (Å²) in [5.74, 6) is 0.836. The zero-order chi connectivity index (χ0) is 13.7. The standard InChI is InChI=1S/C14H21N3O2/c1-10-4-6-12(7-5-10)19-9-11-3-2-8-16-13(11)14(15)17-18/h2-3,8,10,12,18H,4-7,9H2,1H3,(H2,15,17). The summed E-state index contributed by atoms with van der Waals surface area (Å²) in [5.41, 5.74) is 6.96. The molecule has 1 fully saturated rings. The largest absolute Gasteiger partial charge is 0.409 e. The number of pyridine rings is 1. The van der Waals surface area contributed by atoms with E-state index in [9.17, 15) is 0 Å². The van der Waals surface area contributed by atoms with E-state index in [0.717, 1.165) is 24.3 Å². The summed E-state index contributed by atoms with van der Waals surface area (Å²) in [7, 11) is 0. The average molecular weight is 263 g/mol. The number of hydrogen-bond donors (Lipinski definition) is 2. The zero-order valence-corrected chi connectivity index (χ0v) is 11.2. The van der Waals surface area contributed by atoms with Crippen molar-refractivity contribution in [2.45, 2.75) is 45.3 Å². The fourth-order valence-corrected chi connectivity index (χ4v) is 2.44. The van der Waals surface area contributed by atoms with Crippen LogP contribution in [-0.2, 0) is 11.3 Å². The Hall–Kier alpha value is -1.62. The highest BCUT2D eigenvalue weighted by Crippen LogP contribution is 2.26. The number of aromatic nitrogens is 1. The van der Waals surface area contributed by atoms with E-state index in [4.69, 9.17) is 15.7 Å². The molecule has 0 aliphatic heterocycles. The first-order valence-corrected chi connectivity index (χ1v) is 6.74. The Labute approximate surface area is 113 Å². The van der Waals surface area contributed by atoms with E-state index in [1.54, 1.807) is 6.20 Å². The van der Waals surface area contributed by atoms with Gasteiger partial charge in [-0.25, -0.2) is 0 Å². The van der Waals surface area contributed by atoms with Crippen LogP contribution in [0.5, 0.6) is 0 Å². The van der Waals surface area contributed by atoms with Gasteiger partial charge in [-0.15, -0.1) is 0 Å². The lowest BCUT2D eigenvalue weighted by molar-refractivity contribution is 0.00859. The van der Waals surface area contributed by atoms with Crippen molar-refractivity contribution in [3.05, 3.63) is 29.6 Å². The summed E-state index contributed by atoms with van der Waals surface area (Å²) >= 11 is 0. The smallest absolute Gasteiger partial charge is 0.189 e. The maximum atomic E-state index is 8.74. The van der Waals surface area contributed by atoms with Crippen molar-refractivity contribution in [3.63, 3.8) is 0 Å². The van der Waals surface area contributed by atoms with E-state index in [2.05, 4.69) is 17.1 Å². The molecule has 0 radical (unpaired) electrons. The van der Waals surface area contributed by atoms with Gasteiger partial charge in [0.1, 0.15) is 5.69 Å².